The van der Waals surface area contributed by atoms with Gasteiger partial charge in [-0.1, -0.05) is 18.1 Å². The highest BCUT2D eigenvalue weighted by atomic mass is 16.6. The lowest BCUT2D eigenvalue weighted by molar-refractivity contribution is -0.137. The number of carbonyl (C=O) groups is 4. The molecule has 9 heteroatoms. The molecule has 0 saturated carbocycles. The van der Waals surface area contributed by atoms with E-state index >= 15 is 0 Å². The molecule has 0 unspecified atom stereocenters. The fourth-order valence-electron chi connectivity index (χ4n) is 4.82. The Morgan fingerprint density at radius 1 is 1.14 bits per heavy atom. The number of rotatable bonds is 6. The van der Waals surface area contributed by atoms with E-state index in [1.54, 1.807) is 15.9 Å². The zero-order chi connectivity index (χ0) is 27.2. The zero-order valence-corrected chi connectivity index (χ0v) is 21.9. The maximum absolute atomic E-state index is 13.3. The van der Waals surface area contributed by atoms with E-state index in [2.05, 4.69) is 11.2 Å². The van der Waals surface area contributed by atoms with E-state index in [9.17, 15) is 19.2 Å². The molecule has 2 fully saturated rings. The lowest BCUT2D eigenvalue weighted by Crippen LogP contribution is -2.47. The van der Waals surface area contributed by atoms with Crippen LogP contribution in [0.3, 0.4) is 0 Å². The summed E-state index contributed by atoms with van der Waals surface area (Å²) < 4.78 is 5.48. The van der Waals surface area contributed by atoms with E-state index in [0.29, 0.717) is 38.0 Å². The molecule has 2 saturated heterocycles. The summed E-state index contributed by atoms with van der Waals surface area (Å²) in [7, 11) is 0. The number of benzene rings is 1. The van der Waals surface area contributed by atoms with Crippen LogP contribution in [0.5, 0.6) is 0 Å². The number of nitrogens with one attached hydrogen (secondary N) is 1. The molecule has 3 amide bonds. The SMILES string of the molecule is C#C[C@H](CC(=O)O)NC(=O)[C@@H]1CCCN(C(=O)c2cccc(C3CCN(C(=O)OC(C)(C)C)CC3)c2)C1. The summed E-state index contributed by atoms with van der Waals surface area (Å²) in [5, 5.41) is 11.6. The molecule has 2 atom stereocenters. The first-order valence-corrected chi connectivity index (χ1v) is 12.8. The van der Waals surface area contributed by atoms with Gasteiger partial charge in [0.1, 0.15) is 11.6 Å². The van der Waals surface area contributed by atoms with Gasteiger partial charge in [-0.05, 0) is 70.1 Å². The van der Waals surface area contributed by atoms with Crippen LogP contribution in [0.4, 0.5) is 4.79 Å². The van der Waals surface area contributed by atoms with Gasteiger partial charge in [0.05, 0.1) is 12.3 Å². The minimum absolute atomic E-state index is 0.135. The van der Waals surface area contributed by atoms with Crippen molar-refractivity contribution < 1.29 is 29.0 Å². The van der Waals surface area contributed by atoms with Crippen LogP contribution in [0.2, 0.25) is 0 Å². The summed E-state index contributed by atoms with van der Waals surface area (Å²) in [6.07, 6.45) is 7.57. The van der Waals surface area contributed by atoms with Crippen LogP contribution < -0.4 is 5.32 Å². The van der Waals surface area contributed by atoms with Crippen molar-refractivity contribution >= 4 is 23.9 Å². The number of carboxylic acids is 1. The summed E-state index contributed by atoms with van der Waals surface area (Å²) in [5.41, 5.74) is 1.10. The second-order valence-corrected chi connectivity index (χ2v) is 10.8. The van der Waals surface area contributed by atoms with Gasteiger partial charge in [-0.15, -0.1) is 6.42 Å². The number of hydrogen-bond donors (Lipinski definition) is 2. The third kappa shape index (κ3) is 7.97. The Morgan fingerprint density at radius 3 is 2.46 bits per heavy atom. The van der Waals surface area contributed by atoms with E-state index in [-0.39, 0.29) is 36.8 Å². The number of nitrogens with zero attached hydrogens (tertiary/aromatic N) is 2. The van der Waals surface area contributed by atoms with Crippen molar-refractivity contribution in [3.05, 3.63) is 35.4 Å². The average Bonchev–Trinajstić information content (AvgIpc) is 2.86. The first-order chi connectivity index (χ1) is 17.5. The molecule has 3 rings (SSSR count). The predicted molar refractivity (Wildman–Crippen MR) is 138 cm³/mol. The number of likely N-dealkylation sites (tertiary alicyclic amines) is 2. The molecule has 2 N–H and O–H groups in total. The lowest BCUT2D eigenvalue weighted by Gasteiger charge is -2.34. The van der Waals surface area contributed by atoms with Crippen LogP contribution in [0.1, 0.15) is 74.7 Å². The molecule has 0 aliphatic carbocycles. The number of terminal acetylenes is 1. The molecule has 1 aromatic carbocycles. The van der Waals surface area contributed by atoms with Gasteiger partial charge < -0.3 is 25.0 Å². The Morgan fingerprint density at radius 2 is 1.84 bits per heavy atom. The maximum atomic E-state index is 13.3. The lowest BCUT2D eigenvalue weighted by atomic mass is 9.88. The van der Waals surface area contributed by atoms with Crippen molar-refractivity contribution in [3.8, 4) is 12.3 Å². The van der Waals surface area contributed by atoms with Crippen molar-refractivity contribution in [2.45, 2.75) is 70.4 Å². The Kier molecular flexibility index (Phi) is 9.19. The van der Waals surface area contributed by atoms with Crippen LogP contribution >= 0.6 is 0 Å². The second-order valence-electron chi connectivity index (χ2n) is 10.8. The van der Waals surface area contributed by atoms with Gasteiger partial charge in [0.25, 0.3) is 5.91 Å². The molecule has 37 heavy (non-hydrogen) atoms. The Bertz CT molecular complexity index is 1050. The normalized spacial score (nSPS) is 19.5. The first-order valence-electron chi connectivity index (χ1n) is 12.8. The molecular formula is C28H37N3O6. The van der Waals surface area contributed by atoms with Gasteiger partial charge in [-0.2, -0.15) is 0 Å². The molecule has 0 radical (unpaired) electrons. The van der Waals surface area contributed by atoms with Crippen molar-refractivity contribution in [3.63, 3.8) is 0 Å². The van der Waals surface area contributed by atoms with Crippen molar-refractivity contribution in [2.24, 2.45) is 5.92 Å². The fourth-order valence-corrected chi connectivity index (χ4v) is 4.82. The summed E-state index contributed by atoms with van der Waals surface area (Å²) in [6.45, 7) is 7.56. The van der Waals surface area contributed by atoms with Crippen molar-refractivity contribution in [2.75, 3.05) is 26.2 Å². The molecular weight excluding hydrogens is 474 g/mol. The number of amides is 3. The summed E-state index contributed by atoms with van der Waals surface area (Å²) in [6, 6.07) is 6.71. The molecule has 2 heterocycles. The number of piperidine rings is 2. The fraction of sp³-hybridized carbons (Fsp3) is 0.571. The van der Waals surface area contributed by atoms with Crippen LogP contribution in [-0.2, 0) is 14.3 Å². The van der Waals surface area contributed by atoms with Crippen LogP contribution in [-0.4, -0.2) is 76.6 Å². The molecule has 0 aromatic heterocycles. The number of carbonyl (C=O) groups excluding carboxylic acids is 3. The van der Waals surface area contributed by atoms with Gasteiger partial charge >= 0.3 is 12.1 Å². The first kappa shape index (κ1) is 28.0. The molecule has 200 valence electrons. The Labute approximate surface area is 218 Å². The molecule has 0 spiro atoms. The molecule has 0 bridgehead atoms. The van der Waals surface area contributed by atoms with E-state index in [1.807, 2.05) is 39.0 Å². The van der Waals surface area contributed by atoms with E-state index in [4.69, 9.17) is 16.3 Å². The molecule has 1 aromatic rings. The van der Waals surface area contributed by atoms with Gasteiger partial charge in [-0.25, -0.2) is 4.79 Å². The molecule has 9 nitrogen and oxygen atoms in total. The van der Waals surface area contributed by atoms with Crippen molar-refractivity contribution in [1.82, 2.24) is 15.1 Å². The van der Waals surface area contributed by atoms with Crippen LogP contribution in [0.15, 0.2) is 24.3 Å². The van der Waals surface area contributed by atoms with E-state index in [0.717, 1.165) is 18.4 Å². The summed E-state index contributed by atoms with van der Waals surface area (Å²) in [5.74, 6) is 0.547. The van der Waals surface area contributed by atoms with E-state index < -0.39 is 23.5 Å². The van der Waals surface area contributed by atoms with Crippen molar-refractivity contribution in [1.29, 1.82) is 0 Å². The summed E-state index contributed by atoms with van der Waals surface area (Å²) >= 11 is 0. The molecule has 2 aliphatic heterocycles. The zero-order valence-electron chi connectivity index (χ0n) is 21.9. The second kappa shape index (κ2) is 12.1. The summed E-state index contributed by atoms with van der Waals surface area (Å²) in [4.78, 5) is 52.7. The maximum Gasteiger partial charge on any atom is 0.410 e. The smallest absolute Gasteiger partial charge is 0.410 e. The average molecular weight is 512 g/mol. The highest BCUT2D eigenvalue weighted by Crippen LogP contribution is 2.30. The number of aliphatic carboxylic acids is 1. The third-order valence-electron chi connectivity index (χ3n) is 6.73. The standard InChI is InChI=1S/C28H37N3O6/c1-5-23(17-24(32)33)29-25(34)22-10-7-13-31(18-22)26(35)21-9-6-8-20(16-21)19-11-14-30(15-12-19)27(36)37-28(2,3)4/h1,6,8-9,16,19,22-23H,7,10-15,17-18H2,2-4H3,(H,29,34)(H,32,33)/t22-,23-/m1/s1. The largest absolute Gasteiger partial charge is 0.481 e. The topological polar surface area (TPSA) is 116 Å². The minimum Gasteiger partial charge on any atom is -0.481 e. The highest BCUT2D eigenvalue weighted by Gasteiger charge is 2.31. The van der Waals surface area contributed by atoms with Gasteiger partial charge in [-0.3, -0.25) is 14.4 Å². The monoisotopic (exact) mass is 511 g/mol. The number of carboxylic acid groups (broad SMARTS) is 1. The van der Waals surface area contributed by atoms with Crippen LogP contribution in [0.25, 0.3) is 0 Å². The predicted octanol–water partition coefficient (Wildman–Crippen LogP) is 3.25. The number of hydrogen-bond acceptors (Lipinski definition) is 5. The Hall–Kier alpha value is -3.54. The van der Waals surface area contributed by atoms with Gasteiger partial charge in [0.15, 0.2) is 0 Å². The minimum atomic E-state index is -1.08. The van der Waals surface area contributed by atoms with E-state index in [1.165, 1.54) is 0 Å². The highest BCUT2D eigenvalue weighted by molar-refractivity contribution is 5.95. The van der Waals surface area contributed by atoms with Gasteiger partial charge in [0.2, 0.25) is 5.91 Å². The third-order valence-corrected chi connectivity index (χ3v) is 6.73. The van der Waals surface area contributed by atoms with Gasteiger partial charge in [0, 0.05) is 31.7 Å². The Balaban J connectivity index is 1.59. The van der Waals surface area contributed by atoms with Crippen LogP contribution in [0, 0.1) is 18.3 Å². The number of ether oxygens (including phenoxy) is 1. The quantitative estimate of drug-likeness (QED) is 0.567. The molecule has 2 aliphatic rings.